The first kappa shape index (κ1) is 16.6. The van der Waals surface area contributed by atoms with Crippen molar-refractivity contribution in [2.75, 3.05) is 12.0 Å². The van der Waals surface area contributed by atoms with Gasteiger partial charge in [-0.25, -0.2) is 9.79 Å². The van der Waals surface area contributed by atoms with E-state index in [9.17, 15) is 4.79 Å². The van der Waals surface area contributed by atoms with E-state index in [1.54, 1.807) is 23.1 Å². The smallest absolute Gasteiger partial charge is 0.341 e. The molecule has 7 nitrogen and oxygen atoms in total. The van der Waals surface area contributed by atoms with E-state index in [0.29, 0.717) is 10.7 Å². The Morgan fingerprint density at radius 1 is 1.29 bits per heavy atom. The van der Waals surface area contributed by atoms with Gasteiger partial charge in [0.15, 0.2) is 0 Å². The van der Waals surface area contributed by atoms with Gasteiger partial charge in [0.2, 0.25) is 11.9 Å². The molecule has 0 bridgehead atoms. The van der Waals surface area contributed by atoms with E-state index < -0.39 is 11.6 Å². The van der Waals surface area contributed by atoms with Crippen LogP contribution in [0.5, 0.6) is 0 Å². The van der Waals surface area contributed by atoms with Crippen LogP contribution >= 0.6 is 11.6 Å². The molecule has 24 heavy (non-hydrogen) atoms. The fourth-order valence-corrected chi connectivity index (χ4v) is 3.72. The van der Waals surface area contributed by atoms with E-state index in [0.717, 1.165) is 32.1 Å². The van der Waals surface area contributed by atoms with Gasteiger partial charge in [0.25, 0.3) is 0 Å². The molecule has 2 aliphatic rings. The van der Waals surface area contributed by atoms with Gasteiger partial charge in [-0.05, 0) is 37.8 Å². The van der Waals surface area contributed by atoms with E-state index in [1.165, 1.54) is 7.11 Å². The molecular weight excluding hydrogens is 330 g/mol. The van der Waals surface area contributed by atoms with Crippen molar-refractivity contribution in [1.82, 2.24) is 0 Å². The molecule has 0 unspecified atom stereocenters. The maximum absolute atomic E-state index is 12.3. The van der Waals surface area contributed by atoms with Gasteiger partial charge in [0.05, 0.1) is 17.8 Å². The highest BCUT2D eigenvalue weighted by Gasteiger charge is 2.44. The van der Waals surface area contributed by atoms with Gasteiger partial charge in [0, 0.05) is 0 Å². The first-order chi connectivity index (χ1) is 11.5. The summed E-state index contributed by atoms with van der Waals surface area (Å²) in [6, 6.07) is 5.17. The van der Waals surface area contributed by atoms with Crippen LogP contribution in [0, 0.1) is 0 Å². The second-order valence-electron chi connectivity index (χ2n) is 5.94. The van der Waals surface area contributed by atoms with Crippen molar-refractivity contribution >= 4 is 35.2 Å². The summed E-state index contributed by atoms with van der Waals surface area (Å²) in [4.78, 5) is 22.7. The van der Waals surface area contributed by atoms with E-state index in [-0.39, 0.29) is 17.5 Å². The minimum atomic E-state index is -0.637. The van der Waals surface area contributed by atoms with Crippen molar-refractivity contribution in [1.29, 1.82) is 0 Å². The molecule has 4 N–H and O–H groups in total. The van der Waals surface area contributed by atoms with Crippen molar-refractivity contribution in [3.05, 3.63) is 28.8 Å². The van der Waals surface area contributed by atoms with Crippen molar-refractivity contribution in [2.24, 2.45) is 21.5 Å². The summed E-state index contributed by atoms with van der Waals surface area (Å²) in [5.74, 6) is -0.166. The molecule has 0 saturated heterocycles. The van der Waals surface area contributed by atoms with Gasteiger partial charge in [-0.15, -0.1) is 0 Å². The fraction of sp³-hybridized carbons (Fsp3) is 0.438. The molecule has 0 radical (unpaired) electrons. The minimum Gasteiger partial charge on any atom is -0.465 e. The number of anilines is 1. The summed E-state index contributed by atoms with van der Waals surface area (Å²) in [5.41, 5.74) is 12.2. The summed E-state index contributed by atoms with van der Waals surface area (Å²) in [6.07, 6.45) is 4.67. The molecule has 3 rings (SSSR count). The number of benzene rings is 1. The molecule has 1 aliphatic carbocycles. The zero-order valence-corrected chi connectivity index (χ0v) is 14.2. The van der Waals surface area contributed by atoms with Crippen LogP contribution in [-0.4, -0.2) is 30.7 Å². The first-order valence-corrected chi connectivity index (χ1v) is 8.23. The fourth-order valence-electron chi connectivity index (χ4n) is 3.47. The SMILES string of the molecule is COC(=O)c1c(Cl)cccc1N1C(N)=NC(N)=NC12CCCCC2. The molecule has 1 aromatic carbocycles. The summed E-state index contributed by atoms with van der Waals surface area (Å²) in [7, 11) is 1.32. The van der Waals surface area contributed by atoms with Crippen LogP contribution in [-0.2, 0) is 4.74 Å². The monoisotopic (exact) mass is 349 g/mol. The highest BCUT2D eigenvalue weighted by atomic mass is 35.5. The van der Waals surface area contributed by atoms with Gasteiger partial charge in [0.1, 0.15) is 11.2 Å². The lowest BCUT2D eigenvalue weighted by Crippen LogP contribution is -2.58. The molecule has 1 aromatic rings. The molecule has 0 atom stereocenters. The van der Waals surface area contributed by atoms with Crippen LogP contribution < -0.4 is 16.4 Å². The number of nitrogens with two attached hydrogens (primary N) is 2. The molecule has 1 fully saturated rings. The molecule has 1 spiro atoms. The number of aliphatic imine (C=N–C) groups is 2. The number of carbonyl (C=O) groups excluding carboxylic acids is 1. The summed E-state index contributed by atoms with van der Waals surface area (Å²) < 4.78 is 4.89. The van der Waals surface area contributed by atoms with Crippen LogP contribution in [0.4, 0.5) is 5.69 Å². The maximum atomic E-state index is 12.3. The predicted octanol–water partition coefficient (Wildman–Crippen LogP) is 2.24. The Balaban J connectivity index is 2.18. The van der Waals surface area contributed by atoms with E-state index in [1.807, 2.05) is 0 Å². The van der Waals surface area contributed by atoms with Crippen molar-refractivity contribution in [3.8, 4) is 0 Å². The number of rotatable bonds is 2. The number of esters is 1. The number of nitrogens with zero attached hydrogens (tertiary/aromatic N) is 3. The summed E-state index contributed by atoms with van der Waals surface area (Å²) in [6.45, 7) is 0. The zero-order chi connectivity index (χ0) is 17.3. The van der Waals surface area contributed by atoms with Crippen LogP contribution in [0.2, 0.25) is 5.02 Å². The third-order valence-electron chi connectivity index (χ3n) is 4.47. The second-order valence-corrected chi connectivity index (χ2v) is 6.35. The number of hydrogen-bond donors (Lipinski definition) is 2. The van der Waals surface area contributed by atoms with Crippen molar-refractivity contribution < 1.29 is 9.53 Å². The molecule has 128 valence electrons. The Kier molecular flexibility index (Phi) is 4.36. The zero-order valence-electron chi connectivity index (χ0n) is 13.5. The van der Waals surface area contributed by atoms with Crippen molar-refractivity contribution in [3.63, 3.8) is 0 Å². The predicted molar refractivity (Wildman–Crippen MR) is 94.3 cm³/mol. The largest absolute Gasteiger partial charge is 0.465 e. The average molecular weight is 350 g/mol. The first-order valence-electron chi connectivity index (χ1n) is 7.85. The number of halogens is 1. The van der Waals surface area contributed by atoms with E-state index in [4.69, 9.17) is 27.8 Å². The summed E-state index contributed by atoms with van der Waals surface area (Å²) >= 11 is 6.26. The normalized spacial score (nSPS) is 19.7. The Hall–Kier alpha value is -2.28. The number of ether oxygens (including phenoxy) is 1. The Bertz CT molecular complexity index is 725. The number of hydrogen-bond acceptors (Lipinski definition) is 7. The van der Waals surface area contributed by atoms with Gasteiger partial charge in [-0.3, -0.25) is 4.90 Å². The molecule has 1 heterocycles. The minimum absolute atomic E-state index is 0.160. The number of methoxy groups -OCH3 is 1. The van der Waals surface area contributed by atoms with Crippen LogP contribution in [0.3, 0.4) is 0 Å². The lowest BCUT2D eigenvalue weighted by atomic mass is 9.87. The topological polar surface area (TPSA) is 106 Å². The Morgan fingerprint density at radius 2 is 2.00 bits per heavy atom. The molecule has 1 aliphatic heterocycles. The standard InChI is InChI=1S/C16H20ClN5O2/c1-24-13(23)12-10(17)6-5-7-11(12)22-15(19)20-14(18)21-16(22)8-3-2-4-9-16/h5-7H,2-4,8-9H2,1H3,(H4,18,19,20,21). The van der Waals surface area contributed by atoms with Crippen LogP contribution in [0.25, 0.3) is 0 Å². The van der Waals surface area contributed by atoms with Crippen molar-refractivity contribution in [2.45, 2.75) is 37.8 Å². The van der Waals surface area contributed by atoms with Crippen LogP contribution in [0.15, 0.2) is 28.2 Å². The number of guanidine groups is 2. The maximum Gasteiger partial charge on any atom is 0.341 e. The molecule has 8 heteroatoms. The highest BCUT2D eigenvalue weighted by Crippen LogP contribution is 2.41. The second kappa shape index (κ2) is 6.32. The lowest BCUT2D eigenvalue weighted by Gasteiger charge is -2.46. The summed E-state index contributed by atoms with van der Waals surface area (Å²) in [5, 5.41) is 0.292. The third kappa shape index (κ3) is 2.69. The molecule has 0 amide bonds. The molecule has 0 aromatic heterocycles. The average Bonchev–Trinajstić information content (AvgIpc) is 2.54. The van der Waals surface area contributed by atoms with Crippen LogP contribution in [0.1, 0.15) is 42.5 Å². The highest BCUT2D eigenvalue weighted by molar-refractivity contribution is 6.34. The van der Waals surface area contributed by atoms with Gasteiger partial charge in [-0.2, -0.15) is 4.99 Å². The third-order valence-corrected chi connectivity index (χ3v) is 4.79. The van der Waals surface area contributed by atoms with E-state index in [2.05, 4.69) is 9.98 Å². The van der Waals surface area contributed by atoms with E-state index >= 15 is 0 Å². The lowest BCUT2D eigenvalue weighted by molar-refractivity contribution is 0.0601. The van der Waals surface area contributed by atoms with Gasteiger partial charge >= 0.3 is 5.97 Å². The quantitative estimate of drug-likeness (QED) is 0.796. The van der Waals surface area contributed by atoms with Gasteiger partial charge in [-0.1, -0.05) is 24.1 Å². The Labute approximate surface area is 145 Å². The van der Waals surface area contributed by atoms with Gasteiger partial charge < -0.3 is 16.2 Å². The molecule has 1 saturated carbocycles. The molecular formula is C16H20ClN5O2. The Morgan fingerprint density at radius 3 is 2.67 bits per heavy atom. The number of carbonyl (C=O) groups is 1.